The Labute approximate surface area is 285 Å². The standard InChI is InChI=1S/C40H36N4O3S/c1-3-19-43-30-15-13-26(25(2)20-30)14-17-35-39-40(46-24-45-39)36(48-35)18-16-31-32(21-41)38(33(22-42)34-23-44-34)47-37(31)29-11-9-28(10-12-29)27-7-5-4-6-8-27/h4-15,17,20,34,37,43-44H,3,16,18-19,23-24H2,1-2H3/b17-14+,38-33+. The van der Waals surface area contributed by atoms with E-state index in [0.717, 1.165) is 67.7 Å². The summed E-state index contributed by atoms with van der Waals surface area (Å²) in [5.74, 6) is 1.93. The Bertz CT molecular complexity index is 2010. The number of nitrogens with one attached hydrogen (secondary N) is 2. The SMILES string of the molecule is CCCNc1ccc(/C=C/c2sc(CCC3=C(C#N)/C(=C(/C#N)C4CN4)OC3c3ccc(-c4ccccc4)cc3)c3c2OCO3)c(C)c1. The predicted octanol–water partition coefficient (Wildman–Crippen LogP) is 8.72. The van der Waals surface area contributed by atoms with Gasteiger partial charge in [0.25, 0.3) is 0 Å². The second kappa shape index (κ2) is 13.8. The van der Waals surface area contributed by atoms with Crippen molar-refractivity contribution in [1.29, 1.82) is 10.5 Å². The van der Waals surface area contributed by atoms with Gasteiger partial charge in [0, 0.05) is 18.8 Å². The van der Waals surface area contributed by atoms with Crippen molar-refractivity contribution in [3.05, 3.63) is 122 Å². The number of nitrogens with zero attached hydrogens (tertiary/aromatic N) is 2. The molecule has 8 heteroatoms. The molecule has 2 N–H and O–H groups in total. The number of hydrogen-bond donors (Lipinski definition) is 2. The van der Waals surface area contributed by atoms with Crippen molar-refractivity contribution in [3.8, 4) is 34.8 Å². The molecule has 2 atom stereocenters. The average molecular weight is 653 g/mol. The van der Waals surface area contributed by atoms with Crippen LogP contribution < -0.4 is 20.1 Å². The van der Waals surface area contributed by atoms with Crippen LogP contribution >= 0.6 is 11.3 Å². The molecule has 0 spiro atoms. The van der Waals surface area contributed by atoms with Gasteiger partial charge in [-0.2, -0.15) is 10.5 Å². The van der Waals surface area contributed by atoms with Crippen molar-refractivity contribution in [1.82, 2.24) is 5.32 Å². The summed E-state index contributed by atoms with van der Waals surface area (Å²) in [6.45, 7) is 6.11. The van der Waals surface area contributed by atoms with Crippen molar-refractivity contribution < 1.29 is 14.2 Å². The van der Waals surface area contributed by atoms with E-state index in [1.165, 1.54) is 5.56 Å². The van der Waals surface area contributed by atoms with Gasteiger partial charge in [-0.05, 0) is 77.8 Å². The highest BCUT2D eigenvalue weighted by atomic mass is 32.1. The minimum atomic E-state index is -0.469. The highest BCUT2D eigenvalue weighted by Gasteiger charge is 2.39. The Balaban J connectivity index is 1.17. The quantitative estimate of drug-likeness (QED) is 0.123. The predicted molar refractivity (Wildman–Crippen MR) is 190 cm³/mol. The number of thiophene rings is 1. The lowest BCUT2D eigenvalue weighted by Gasteiger charge is -2.17. The van der Waals surface area contributed by atoms with Crippen LogP contribution in [0.5, 0.6) is 11.5 Å². The molecule has 3 aliphatic rings. The van der Waals surface area contributed by atoms with Crippen molar-refractivity contribution in [2.24, 2.45) is 0 Å². The van der Waals surface area contributed by atoms with E-state index in [1.807, 2.05) is 18.2 Å². The van der Waals surface area contributed by atoms with Crippen LogP contribution in [-0.2, 0) is 11.2 Å². The Morgan fingerprint density at radius 2 is 1.75 bits per heavy atom. The Morgan fingerprint density at radius 3 is 2.46 bits per heavy atom. The summed E-state index contributed by atoms with van der Waals surface area (Å²) in [7, 11) is 0. The number of hydrogen-bond acceptors (Lipinski definition) is 8. The summed E-state index contributed by atoms with van der Waals surface area (Å²) < 4.78 is 18.4. The lowest BCUT2D eigenvalue weighted by molar-refractivity contribution is 0.170. The summed E-state index contributed by atoms with van der Waals surface area (Å²) in [4.78, 5) is 2.06. The van der Waals surface area contributed by atoms with E-state index in [2.05, 4.69) is 103 Å². The first-order valence-corrected chi connectivity index (χ1v) is 17.2. The second-order valence-electron chi connectivity index (χ2n) is 12.1. The van der Waals surface area contributed by atoms with Crippen LogP contribution in [0.25, 0.3) is 23.3 Å². The summed E-state index contributed by atoms with van der Waals surface area (Å²) in [5.41, 5.74) is 8.46. The first kappa shape index (κ1) is 31.3. The Hall–Kier alpha value is -5.28. The maximum absolute atomic E-state index is 10.4. The molecule has 1 saturated heterocycles. The van der Waals surface area contributed by atoms with Crippen LogP contribution in [0.3, 0.4) is 0 Å². The number of nitriles is 2. The molecule has 0 radical (unpaired) electrons. The first-order chi connectivity index (χ1) is 23.6. The second-order valence-corrected chi connectivity index (χ2v) is 13.2. The highest BCUT2D eigenvalue weighted by molar-refractivity contribution is 7.13. The summed E-state index contributed by atoms with van der Waals surface area (Å²) in [6, 6.07) is 29.6. The summed E-state index contributed by atoms with van der Waals surface area (Å²) >= 11 is 1.65. The Kier molecular flexibility index (Phi) is 9.03. The van der Waals surface area contributed by atoms with E-state index in [-0.39, 0.29) is 12.8 Å². The van der Waals surface area contributed by atoms with Gasteiger partial charge in [-0.15, -0.1) is 11.3 Å². The number of aryl methyl sites for hydroxylation is 2. The molecule has 7 rings (SSSR count). The number of benzene rings is 3. The van der Waals surface area contributed by atoms with E-state index in [0.29, 0.717) is 36.3 Å². The molecule has 3 aliphatic heterocycles. The van der Waals surface area contributed by atoms with Gasteiger partial charge in [-0.1, -0.05) is 73.7 Å². The number of rotatable bonds is 11. The zero-order valence-electron chi connectivity index (χ0n) is 27.0. The lowest BCUT2D eigenvalue weighted by Crippen LogP contribution is -2.04. The van der Waals surface area contributed by atoms with E-state index in [9.17, 15) is 10.5 Å². The molecule has 0 saturated carbocycles. The molecule has 3 aromatic carbocycles. The van der Waals surface area contributed by atoms with E-state index in [1.54, 1.807) is 11.3 Å². The zero-order valence-corrected chi connectivity index (χ0v) is 27.8. The number of allylic oxidation sites excluding steroid dienone is 1. The molecule has 2 unspecified atom stereocenters. The fraction of sp³-hybridized carbons (Fsp3) is 0.250. The van der Waals surface area contributed by atoms with Crippen molar-refractivity contribution >= 4 is 29.2 Å². The van der Waals surface area contributed by atoms with Gasteiger partial charge in [-0.25, -0.2) is 0 Å². The van der Waals surface area contributed by atoms with Gasteiger partial charge in [-0.3, -0.25) is 0 Å². The van der Waals surface area contributed by atoms with Gasteiger partial charge in [0.15, 0.2) is 17.3 Å². The minimum absolute atomic E-state index is 0.0818. The molecule has 1 aromatic heterocycles. The van der Waals surface area contributed by atoms with Crippen LogP contribution in [-0.4, -0.2) is 25.9 Å². The molecule has 4 heterocycles. The van der Waals surface area contributed by atoms with E-state index in [4.69, 9.17) is 14.2 Å². The van der Waals surface area contributed by atoms with E-state index >= 15 is 0 Å². The third kappa shape index (κ3) is 6.33. The van der Waals surface area contributed by atoms with Gasteiger partial charge >= 0.3 is 0 Å². The molecule has 4 aromatic rings. The smallest absolute Gasteiger partial charge is 0.231 e. The molecule has 240 valence electrons. The van der Waals surface area contributed by atoms with Gasteiger partial charge in [0.05, 0.1) is 26.9 Å². The minimum Gasteiger partial charge on any atom is -0.479 e. The molecule has 7 nitrogen and oxygen atoms in total. The third-order valence-corrected chi connectivity index (χ3v) is 10.0. The fourth-order valence-electron chi connectivity index (χ4n) is 6.23. The Morgan fingerprint density at radius 1 is 0.979 bits per heavy atom. The largest absolute Gasteiger partial charge is 0.479 e. The maximum atomic E-state index is 10.4. The fourth-order valence-corrected chi connectivity index (χ4v) is 7.32. The van der Waals surface area contributed by atoms with Crippen molar-refractivity contribution in [2.75, 3.05) is 25.2 Å². The van der Waals surface area contributed by atoms with Gasteiger partial charge < -0.3 is 24.8 Å². The van der Waals surface area contributed by atoms with Crippen molar-refractivity contribution in [3.63, 3.8) is 0 Å². The van der Waals surface area contributed by atoms with Crippen molar-refractivity contribution in [2.45, 2.75) is 45.3 Å². The molecule has 0 aliphatic carbocycles. The van der Waals surface area contributed by atoms with Crippen LogP contribution in [0, 0.1) is 29.6 Å². The van der Waals surface area contributed by atoms with Crippen LogP contribution in [0.15, 0.2) is 95.3 Å². The van der Waals surface area contributed by atoms with Crippen LogP contribution in [0.4, 0.5) is 5.69 Å². The van der Waals surface area contributed by atoms with Gasteiger partial charge in [0.2, 0.25) is 6.79 Å². The molecular formula is C40H36N4O3S. The highest BCUT2D eigenvalue weighted by Crippen LogP contribution is 2.49. The van der Waals surface area contributed by atoms with E-state index < -0.39 is 6.10 Å². The third-order valence-electron chi connectivity index (χ3n) is 8.86. The lowest BCUT2D eigenvalue weighted by atomic mass is 9.93. The number of ether oxygens (including phenoxy) is 3. The molecule has 0 amide bonds. The van der Waals surface area contributed by atoms with Gasteiger partial charge in [0.1, 0.15) is 18.2 Å². The molecule has 1 fully saturated rings. The summed E-state index contributed by atoms with van der Waals surface area (Å²) in [6.07, 6.45) is 6.04. The average Bonchev–Trinajstić information content (AvgIpc) is 3.57. The zero-order chi connectivity index (χ0) is 33.0. The van der Waals surface area contributed by atoms with Crippen LogP contribution in [0.2, 0.25) is 0 Å². The molecule has 0 bridgehead atoms. The molecule has 48 heavy (non-hydrogen) atoms. The number of anilines is 1. The first-order valence-electron chi connectivity index (χ1n) is 16.3. The molecular weight excluding hydrogens is 617 g/mol. The normalized spacial score (nSPS) is 18.8. The van der Waals surface area contributed by atoms with Crippen LogP contribution in [0.1, 0.15) is 52.3 Å². The summed E-state index contributed by atoms with van der Waals surface area (Å²) in [5, 5.41) is 27.1. The monoisotopic (exact) mass is 652 g/mol. The number of fused-ring (bicyclic) bond motifs is 1. The maximum Gasteiger partial charge on any atom is 0.231 e. The topological polar surface area (TPSA) is 109 Å².